The van der Waals surface area contributed by atoms with Crippen LogP contribution in [0.3, 0.4) is 0 Å². The third-order valence-corrected chi connectivity index (χ3v) is 7.07. The van der Waals surface area contributed by atoms with Gasteiger partial charge in [-0.2, -0.15) is 0 Å². The molecule has 4 aromatic rings. The maximum absolute atomic E-state index is 13.2. The molecule has 1 aliphatic rings. The highest BCUT2D eigenvalue weighted by molar-refractivity contribution is 7.99. The molecule has 2 amide bonds. The SMILES string of the molecule is Cn1c(SCC(=O)N2CCC[C@H]2C(=O)Nc2cccnc2-c2ccccc2)nc2ccccc21. The number of anilines is 1. The Morgan fingerprint density at radius 1 is 1.06 bits per heavy atom. The number of fused-ring (bicyclic) bond motifs is 1. The zero-order chi connectivity index (χ0) is 23.5. The number of aromatic nitrogens is 3. The summed E-state index contributed by atoms with van der Waals surface area (Å²) in [6.45, 7) is 0.582. The van der Waals surface area contributed by atoms with E-state index in [0.29, 0.717) is 24.3 Å². The Labute approximate surface area is 202 Å². The van der Waals surface area contributed by atoms with E-state index in [1.165, 1.54) is 11.8 Å². The molecule has 2 aromatic carbocycles. The second-order valence-corrected chi connectivity index (χ2v) is 9.17. The molecule has 2 aromatic heterocycles. The first-order chi connectivity index (χ1) is 16.6. The summed E-state index contributed by atoms with van der Waals surface area (Å²) in [5.74, 6) is 0.0104. The number of rotatable bonds is 6. The molecule has 8 heteroatoms. The monoisotopic (exact) mass is 471 g/mol. The van der Waals surface area contributed by atoms with Crippen molar-refractivity contribution < 1.29 is 9.59 Å². The number of carbonyl (C=O) groups is 2. The number of imidazole rings is 1. The third kappa shape index (κ3) is 4.41. The van der Waals surface area contributed by atoms with Crippen LogP contribution in [-0.2, 0) is 16.6 Å². The number of thioether (sulfide) groups is 1. The number of nitrogens with one attached hydrogen (secondary N) is 1. The van der Waals surface area contributed by atoms with Crippen molar-refractivity contribution in [2.75, 3.05) is 17.6 Å². The number of para-hydroxylation sites is 2. The number of amides is 2. The maximum Gasteiger partial charge on any atom is 0.247 e. The smallest absolute Gasteiger partial charge is 0.247 e. The van der Waals surface area contributed by atoms with Gasteiger partial charge < -0.3 is 14.8 Å². The van der Waals surface area contributed by atoms with Crippen LogP contribution >= 0.6 is 11.8 Å². The van der Waals surface area contributed by atoms with E-state index >= 15 is 0 Å². The molecule has 0 spiro atoms. The van der Waals surface area contributed by atoms with Crippen molar-refractivity contribution in [3.8, 4) is 11.3 Å². The molecular weight excluding hydrogens is 446 g/mol. The summed E-state index contributed by atoms with van der Waals surface area (Å²) < 4.78 is 2.00. The van der Waals surface area contributed by atoms with Gasteiger partial charge in [0.05, 0.1) is 28.2 Å². The van der Waals surface area contributed by atoms with Crippen molar-refractivity contribution in [2.45, 2.75) is 24.0 Å². The first kappa shape index (κ1) is 22.2. The number of nitrogens with zero attached hydrogens (tertiary/aromatic N) is 4. The minimum Gasteiger partial charge on any atom is -0.330 e. The first-order valence-electron chi connectivity index (χ1n) is 11.3. The fourth-order valence-electron chi connectivity index (χ4n) is 4.35. The minimum absolute atomic E-state index is 0.0517. The molecule has 5 rings (SSSR count). The maximum atomic E-state index is 13.2. The molecule has 1 N–H and O–H groups in total. The molecule has 0 radical (unpaired) electrons. The number of hydrogen-bond donors (Lipinski definition) is 1. The number of carbonyl (C=O) groups excluding carboxylic acids is 2. The number of likely N-dealkylation sites (tertiary alicyclic amines) is 1. The predicted molar refractivity (Wildman–Crippen MR) is 134 cm³/mol. The van der Waals surface area contributed by atoms with Gasteiger partial charge >= 0.3 is 0 Å². The Morgan fingerprint density at radius 3 is 2.68 bits per heavy atom. The van der Waals surface area contributed by atoms with Crippen molar-refractivity contribution in [1.29, 1.82) is 0 Å². The van der Waals surface area contributed by atoms with Crippen LogP contribution in [0, 0.1) is 0 Å². The quantitative estimate of drug-likeness (QED) is 0.423. The largest absolute Gasteiger partial charge is 0.330 e. The van der Waals surface area contributed by atoms with Crippen LogP contribution in [0.2, 0.25) is 0 Å². The van der Waals surface area contributed by atoms with Crippen LogP contribution in [0.25, 0.3) is 22.3 Å². The van der Waals surface area contributed by atoms with Gasteiger partial charge in [0.2, 0.25) is 11.8 Å². The van der Waals surface area contributed by atoms with Crippen LogP contribution < -0.4 is 5.32 Å². The van der Waals surface area contributed by atoms with Gasteiger partial charge in [-0.05, 0) is 37.1 Å². The number of hydrogen-bond acceptors (Lipinski definition) is 5. The van der Waals surface area contributed by atoms with E-state index < -0.39 is 6.04 Å². The van der Waals surface area contributed by atoms with E-state index in [-0.39, 0.29) is 17.6 Å². The zero-order valence-electron chi connectivity index (χ0n) is 18.8. The Bertz CT molecular complexity index is 1340. The summed E-state index contributed by atoms with van der Waals surface area (Å²) in [7, 11) is 1.95. The summed E-state index contributed by atoms with van der Waals surface area (Å²) in [5.41, 5.74) is 4.22. The predicted octanol–water partition coefficient (Wildman–Crippen LogP) is 4.36. The Morgan fingerprint density at radius 2 is 1.85 bits per heavy atom. The van der Waals surface area contributed by atoms with Gasteiger partial charge in [-0.1, -0.05) is 54.2 Å². The summed E-state index contributed by atoms with van der Waals surface area (Å²) in [5, 5.41) is 3.81. The molecule has 1 aliphatic heterocycles. The lowest BCUT2D eigenvalue weighted by atomic mass is 10.1. The van der Waals surface area contributed by atoms with Gasteiger partial charge in [-0.25, -0.2) is 4.98 Å². The molecule has 0 saturated carbocycles. The Kier molecular flexibility index (Phi) is 6.31. The summed E-state index contributed by atoms with van der Waals surface area (Å²) in [4.78, 5) is 37.1. The van der Waals surface area contributed by atoms with Crippen molar-refractivity contribution in [2.24, 2.45) is 7.05 Å². The first-order valence-corrected chi connectivity index (χ1v) is 12.3. The van der Waals surface area contributed by atoms with Crippen LogP contribution in [0.1, 0.15) is 12.8 Å². The van der Waals surface area contributed by atoms with Gasteiger partial charge in [-0.3, -0.25) is 14.6 Å². The third-order valence-electron chi connectivity index (χ3n) is 6.06. The normalized spacial score (nSPS) is 15.6. The van der Waals surface area contributed by atoms with E-state index in [0.717, 1.165) is 28.2 Å². The summed E-state index contributed by atoms with van der Waals surface area (Å²) in [6, 6.07) is 20.8. The van der Waals surface area contributed by atoms with Crippen molar-refractivity contribution in [1.82, 2.24) is 19.4 Å². The fraction of sp³-hybridized carbons (Fsp3) is 0.231. The molecule has 1 fully saturated rings. The fourth-order valence-corrected chi connectivity index (χ4v) is 5.22. The topological polar surface area (TPSA) is 80.1 Å². The molecule has 0 aliphatic carbocycles. The lowest BCUT2D eigenvalue weighted by molar-refractivity contribution is -0.134. The Hall–Kier alpha value is -3.65. The average molecular weight is 472 g/mol. The molecule has 1 saturated heterocycles. The zero-order valence-corrected chi connectivity index (χ0v) is 19.7. The second kappa shape index (κ2) is 9.69. The van der Waals surface area contributed by atoms with Gasteiger partial charge in [-0.15, -0.1) is 0 Å². The van der Waals surface area contributed by atoms with Crippen molar-refractivity contribution in [3.63, 3.8) is 0 Å². The molecule has 3 heterocycles. The standard InChI is InChI=1S/C26H25N5O2S/c1-30-21-13-6-5-11-19(21)29-26(30)34-17-23(32)31-16-8-14-22(31)25(33)28-20-12-7-15-27-24(20)18-9-3-2-4-10-18/h2-7,9-13,15,22H,8,14,16-17H2,1H3,(H,28,33)/t22-/m0/s1. The van der Waals surface area contributed by atoms with Crippen LogP contribution in [0.5, 0.6) is 0 Å². The lowest BCUT2D eigenvalue weighted by Crippen LogP contribution is -2.44. The van der Waals surface area contributed by atoms with Crippen LogP contribution in [0.4, 0.5) is 5.69 Å². The highest BCUT2D eigenvalue weighted by atomic mass is 32.2. The molecule has 1 atom stereocenters. The van der Waals surface area contributed by atoms with Gasteiger partial charge in [0.15, 0.2) is 5.16 Å². The summed E-state index contributed by atoms with van der Waals surface area (Å²) >= 11 is 1.40. The van der Waals surface area contributed by atoms with Gasteiger partial charge in [0, 0.05) is 25.4 Å². The second-order valence-electron chi connectivity index (χ2n) is 8.23. The van der Waals surface area contributed by atoms with Crippen LogP contribution in [-0.4, -0.2) is 49.6 Å². The summed E-state index contributed by atoms with van der Waals surface area (Å²) in [6.07, 6.45) is 3.16. The number of aryl methyl sites for hydroxylation is 1. The van der Waals surface area contributed by atoms with Gasteiger partial charge in [0.1, 0.15) is 6.04 Å². The number of benzene rings is 2. The highest BCUT2D eigenvalue weighted by Crippen LogP contribution is 2.28. The van der Waals surface area contributed by atoms with E-state index in [2.05, 4.69) is 15.3 Å². The average Bonchev–Trinajstić information content (AvgIpc) is 3.49. The molecule has 0 unspecified atom stereocenters. The number of pyridine rings is 1. The van der Waals surface area contributed by atoms with Crippen molar-refractivity contribution >= 4 is 40.3 Å². The molecule has 34 heavy (non-hydrogen) atoms. The van der Waals surface area contributed by atoms with E-state index in [1.54, 1.807) is 17.2 Å². The van der Waals surface area contributed by atoms with Crippen LogP contribution in [0.15, 0.2) is 78.1 Å². The highest BCUT2D eigenvalue weighted by Gasteiger charge is 2.34. The molecule has 7 nitrogen and oxygen atoms in total. The molecule has 172 valence electrons. The van der Waals surface area contributed by atoms with Gasteiger partial charge in [0.25, 0.3) is 0 Å². The van der Waals surface area contributed by atoms with E-state index in [1.807, 2.05) is 72.3 Å². The van der Waals surface area contributed by atoms with E-state index in [9.17, 15) is 9.59 Å². The molecular formula is C26H25N5O2S. The van der Waals surface area contributed by atoms with Crippen molar-refractivity contribution in [3.05, 3.63) is 72.9 Å². The van der Waals surface area contributed by atoms with E-state index in [4.69, 9.17) is 0 Å². The molecule has 0 bridgehead atoms. The minimum atomic E-state index is -0.489. The Balaban J connectivity index is 1.27. The lowest BCUT2D eigenvalue weighted by Gasteiger charge is -2.24.